The van der Waals surface area contributed by atoms with E-state index in [-0.39, 0.29) is 26.4 Å². The van der Waals surface area contributed by atoms with E-state index in [1.807, 2.05) is 0 Å². The zero-order chi connectivity index (χ0) is 41.6. The lowest BCUT2D eigenvalue weighted by Gasteiger charge is -2.22. The van der Waals surface area contributed by atoms with Crippen molar-refractivity contribution in [3.05, 3.63) is 0 Å². The molecule has 0 rings (SSSR count). The Bertz CT molecular complexity index is 898. The van der Waals surface area contributed by atoms with Gasteiger partial charge in [-0.05, 0) is 123 Å². The molecule has 0 aromatic heterocycles. The molecule has 0 aliphatic heterocycles. The fourth-order valence-corrected chi connectivity index (χ4v) is 8.06. The molecule has 0 bridgehead atoms. The fourth-order valence-electron chi connectivity index (χ4n) is 6.54. The summed E-state index contributed by atoms with van der Waals surface area (Å²) in [4.78, 5) is 23.3. The van der Waals surface area contributed by atoms with Gasteiger partial charge in [-0.25, -0.2) is 0 Å². The average molecular weight is 857 g/mol. The standard InChI is InChI=1S/C42H92N4O9P2/c1-2-52-56(48,49)53-40-26-19-15-11-7-3-5-9-14-18-22-32-44-36-30-38-46-34-24-28-42-55-57(50,51)54-41-27-20-16-12-8-4-6-10-13-17-21-31-43-35-29-37-45-33-23-25-39-47/h43-47H,2-42H2,1H3,(H,48,49)(H,50,51)/p-2. The molecule has 5 N–H and O–H groups in total. The second-order valence-electron chi connectivity index (χ2n) is 15.4. The van der Waals surface area contributed by atoms with Gasteiger partial charge >= 0.3 is 0 Å². The minimum Gasteiger partial charge on any atom is -0.756 e. The van der Waals surface area contributed by atoms with E-state index < -0.39 is 15.6 Å². The summed E-state index contributed by atoms with van der Waals surface area (Å²) in [6.45, 7) is 10.8. The molecule has 0 heterocycles. The highest BCUT2D eigenvalue weighted by molar-refractivity contribution is 7.46. The molecule has 0 aliphatic carbocycles. The van der Waals surface area contributed by atoms with Gasteiger partial charge in [0.25, 0.3) is 15.6 Å². The number of hydrogen-bond acceptors (Lipinski definition) is 13. The molecule has 13 nitrogen and oxygen atoms in total. The van der Waals surface area contributed by atoms with Crippen LogP contribution in [0.2, 0.25) is 0 Å². The highest BCUT2D eigenvalue weighted by atomic mass is 31.2. The number of aliphatic hydroxyl groups excluding tert-OH is 1. The van der Waals surface area contributed by atoms with Crippen LogP contribution in [-0.4, -0.2) is 90.5 Å². The number of hydrogen-bond donors (Lipinski definition) is 5. The van der Waals surface area contributed by atoms with Crippen LogP contribution < -0.4 is 31.1 Å². The minimum atomic E-state index is -4.20. The molecule has 0 aliphatic rings. The maximum absolute atomic E-state index is 12.0. The van der Waals surface area contributed by atoms with Gasteiger partial charge in [0.1, 0.15) is 0 Å². The van der Waals surface area contributed by atoms with Crippen molar-refractivity contribution < 1.29 is 42.1 Å². The fraction of sp³-hybridized carbons (Fsp3) is 1.00. The smallest absolute Gasteiger partial charge is 0.267 e. The van der Waals surface area contributed by atoms with E-state index in [4.69, 9.17) is 18.7 Å². The number of aliphatic hydroxyl groups is 1. The third-order valence-corrected chi connectivity index (χ3v) is 12.0. The Balaban J connectivity index is 3.26. The lowest BCUT2D eigenvalue weighted by molar-refractivity contribution is -0.226. The lowest BCUT2D eigenvalue weighted by atomic mass is 10.1. The van der Waals surface area contributed by atoms with E-state index in [0.29, 0.717) is 13.0 Å². The Morgan fingerprint density at radius 1 is 0.351 bits per heavy atom. The predicted molar refractivity (Wildman–Crippen MR) is 233 cm³/mol. The van der Waals surface area contributed by atoms with Crippen molar-refractivity contribution in [2.45, 2.75) is 187 Å². The zero-order valence-electron chi connectivity index (χ0n) is 36.6. The lowest BCUT2D eigenvalue weighted by Crippen LogP contribution is -2.23. The van der Waals surface area contributed by atoms with Crippen molar-refractivity contribution in [1.82, 2.24) is 21.3 Å². The molecule has 0 amide bonds. The van der Waals surface area contributed by atoms with Gasteiger partial charge in [-0.2, -0.15) is 0 Å². The topological polar surface area (TPSA) is 186 Å². The number of nitrogens with one attached hydrogen (secondary N) is 4. The predicted octanol–water partition coefficient (Wildman–Crippen LogP) is 8.28. The molecule has 0 radical (unpaired) electrons. The van der Waals surface area contributed by atoms with E-state index in [9.17, 15) is 18.9 Å². The first-order chi connectivity index (χ1) is 27.8. The van der Waals surface area contributed by atoms with Crippen molar-refractivity contribution in [1.29, 1.82) is 0 Å². The Morgan fingerprint density at radius 3 is 0.895 bits per heavy atom. The SMILES string of the molecule is CCOP(=O)([O-])OCCCCCCCCCCCCCNCCCNCCCCOP(=O)([O-])OCCCCCCCCCCCCCNCCCNCCCCO. The van der Waals surface area contributed by atoms with Crippen molar-refractivity contribution in [3.8, 4) is 0 Å². The summed E-state index contributed by atoms with van der Waals surface area (Å²) in [6, 6.07) is 0. The van der Waals surface area contributed by atoms with Crippen LogP contribution in [0.5, 0.6) is 0 Å². The summed E-state index contributed by atoms with van der Waals surface area (Å²) in [6.07, 6.45) is 31.8. The van der Waals surface area contributed by atoms with Crippen molar-refractivity contribution in [2.24, 2.45) is 0 Å². The van der Waals surface area contributed by atoms with E-state index >= 15 is 0 Å². The van der Waals surface area contributed by atoms with Crippen LogP contribution in [0.3, 0.4) is 0 Å². The molecule has 0 saturated carbocycles. The molecule has 57 heavy (non-hydrogen) atoms. The number of rotatable bonds is 50. The van der Waals surface area contributed by atoms with Crippen LogP contribution in [0.15, 0.2) is 0 Å². The maximum atomic E-state index is 12.0. The second kappa shape index (κ2) is 45.5. The van der Waals surface area contributed by atoms with Gasteiger partial charge in [-0.1, -0.05) is 116 Å². The molecule has 0 saturated heterocycles. The van der Waals surface area contributed by atoms with Gasteiger partial charge in [-0.3, -0.25) is 9.13 Å². The molecular formula is C42H90N4O9P2-2. The molecule has 0 aromatic carbocycles. The van der Waals surface area contributed by atoms with Crippen LogP contribution in [-0.2, 0) is 27.2 Å². The van der Waals surface area contributed by atoms with Gasteiger partial charge in [-0.15, -0.1) is 0 Å². The monoisotopic (exact) mass is 857 g/mol. The van der Waals surface area contributed by atoms with Crippen LogP contribution >= 0.6 is 15.6 Å². The largest absolute Gasteiger partial charge is 0.756 e. The zero-order valence-corrected chi connectivity index (χ0v) is 38.4. The average Bonchev–Trinajstić information content (AvgIpc) is 3.18. The number of unbranched alkanes of at least 4 members (excludes halogenated alkanes) is 22. The third kappa shape index (κ3) is 48.6. The molecular weight excluding hydrogens is 766 g/mol. The molecule has 344 valence electrons. The first-order valence-corrected chi connectivity index (χ1v) is 26.4. The summed E-state index contributed by atoms with van der Waals surface area (Å²) in [7, 11) is -8.28. The van der Waals surface area contributed by atoms with Gasteiger partial charge in [0, 0.05) is 6.61 Å². The quantitative estimate of drug-likeness (QED) is 0.0291. The summed E-state index contributed by atoms with van der Waals surface area (Å²) in [5.74, 6) is 0. The van der Waals surface area contributed by atoms with E-state index in [1.54, 1.807) is 6.92 Å². The minimum absolute atomic E-state index is 0.115. The maximum Gasteiger partial charge on any atom is 0.267 e. The summed E-state index contributed by atoms with van der Waals surface area (Å²) in [5.41, 5.74) is 0. The second-order valence-corrected chi connectivity index (χ2v) is 18.3. The van der Waals surface area contributed by atoms with E-state index in [2.05, 4.69) is 25.8 Å². The Morgan fingerprint density at radius 2 is 0.579 bits per heavy atom. The van der Waals surface area contributed by atoms with E-state index in [1.165, 1.54) is 103 Å². The molecule has 0 spiro atoms. The molecule has 0 aromatic rings. The Kier molecular flexibility index (Phi) is 45.6. The van der Waals surface area contributed by atoms with Gasteiger partial charge < -0.3 is 54.3 Å². The summed E-state index contributed by atoms with van der Waals surface area (Å²) in [5, 5.41) is 22.7. The highest BCUT2D eigenvalue weighted by Crippen LogP contribution is 2.39. The summed E-state index contributed by atoms with van der Waals surface area (Å²) < 4.78 is 42.8. The third-order valence-electron chi connectivity index (χ3n) is 9.95. The number of phosphoric acid groups is 2. The van der Waals surface area contributed by atoms with Crippen molar-refractivity contribution in [3.63, 3.8) is 0 Å². The van der Waals surface area contributed by atoms with Crippen LogP contribution in [0.1, 0.15) is 187 Å². The Labute approximate surface area is 350 Å². The van der Waals surface area contributed by atoms with Gasteiger partial charge in [0.15, 0.2) is 0 Å². The van der Waals surface area contributed by atoms with Gasteiger partial charge in [0.05, 0.1) is 26.4 Å². The summed E-state index contributed by atoms with van der Waals surface area (Å²) >= 11 is 0. The van der Waals surface area contributed by atoms with Crippen LogP contribution in [0, 0.1) is 0 Å². The first-order valence-electron chi connectivity index (χ1n) is 23.5. The normalized spacial score (nSPS) is 14.0. The van der Waals surface area contributed by atoms with E-state index in [0.717, 1.165) is 123 Å². The molecule has 2 atom stereocenters. The highest BCUT2D eigenvalue weighted by Gasteiger charge is 2.09. The molecule has 0 fully saturated rings. The first kappa shape index (κ1) is 57.0. The Hall–Kier alpha value is 0.0200. The molecule has 2 unspecified atom stereocenters. The number of phosphoric ester groups is 2. The van der Waals surface area contributed by atoms with Gasteiger partial charge in [0.2, 0.25) is 0 Å². The van der Waals surface area contributed by atoms with Crippen LogP contribution in [0.25, 0.3) is 0 Å². The molecule has 15 heteroatoms. The van der Waals surface area contributed by atoms with Crippen LogP contribution in [0.4, 0.5) is 0 Å². The van der Waals surface area contributed by atoms with Crippen molar-refractivity contribution >= 4 is 15.6 Å². The van der Waals surface area contributed by atoms with Crippen molar-refractivity contribution in [2.75, 3.05) is 85.4 Å².